The highest BCUT2D eigenvalue weighted by molar-refractivity contribution is 7.19. The lowest BCUT2D eigenvalue weighted by Gasteiger charge is -2.49. The number of benzene rings is 1. The molecule has 5 nitrogen and oxygen atoms in total. The molecular formula is C22H21N3O2S. The van der Waals surface area contributed by atoms with Crippen LogP contribution in [0.5, 0.6) is 0 Å². The molecule has 6 heteroatoms. The van der Waals surface area contributed by atoms with Crippen molar-refractivity contribution in [1.29, 1.82) is 0 Å². The van der Waals surface area contributed by atoms with Crippen molar-refractivity contribution in [3.8, 4) is 10.4 Å². The number of pyridine rings is 1. The zero-order valence-electron chi connectivity index (χ0n) is 15.5. The minimum atomic E-state index is -0.315. The molecule has 1 spiro atoms. The van der Waals surface area contributed by atoms with Crippen LogP contribution < -0.4 is 4.90 Å². The minimum Gasteiger partial charge on any atom is -0.439 e. The van der Waals surface area contributed by atoms with Gasteiger partial charge in [0.05, 0.1) is 12.1 Å². The first-order valence-electron chi connectivity index (χ1n) is 9.88. The molecule has 4 aliphatic rings. The van der Waals surface area contributed by atoms with Gasteiger partial charge >= 0.3 is 6.09 Å². The summed E-state index contributed by atoms with van der Waals surface area (Å²) < 4.78 is 6.01. The van der Waals surface area contributed by atoms with Gasteiger partial charge in [-0.15, -0.1) is 11.3 Å². The van der Waals surface area contributed by atoms with Crippen molar-refractivity contribution in [1.82, 2.24) is 9.88 Å². The summed E-state index contributed by atoms with van der Waals surface area (Å²) in [6.45, 7) is 3.84. The van der Waals surface area contributed by atoms with Crippen LogP contribution in [0.4, 0.5) is 9.80 Å². The zero-order valence-corrected chi connectivity index (χ0v) is 16.3. The monoisotopic (exact) mass is 391 g/mol. The number of rotatable bonds is 2. The first-order valence-corrected chi connectivity index (χ1v) is 10.7. The van der Waals surface area contributed by atoms with Crippen LogP contribution in [-0.4, -0.2) is 47.8 Å². The maximum atomic E-state index is 12.7. The molecule has 2 aromatic heterocycles. The van der Waals surface area contributed by atoms with E-state index < -0.39 is 0 Å². The van der Waals surface area contributed by atoms with Crippen LogP contribution in [0.25, 0.3) is 21.3 Å². The van der Waals surface area contributed by atoms with Crippen LogP contribution in [0.3, 0.4) is 0 Å². The van der Waals surface area contributed by atoms with Gasteiger partial charge in [0.2, 0.25) is 0 Å². The molecular weight excluding hydrogens is 370 g/mol. The molecule has 6 heterocycles. The number of piperidine rings is 3. The molecule has 2 bridgehead atoms. The van der Waals surface area contributed by atoms with Crippen LogP contribution in [-0.2, 0) is 4.74 Å². The molecule has 3 aromatic rings. The van der Waals surface area contributed by atoms with Crippen molar-refractivity contribution in [3.05, 3.63) is 48.7 Å². The Balaban J connectivity index is 1.30. The number of amides is 1. The Morgan fingerprint density at radius 1 is 1.11 bits per heavy atom. The topological polar surface area (TPSA) is 45.7 Å². The maximum Gasteiger partial charge on any atom is 0.415 e. The Morgan fingerprint density at radius 3 is 2.82 bits per heavy atom. The number of hydrogen-bond acceptors (Lipinski definition) is 5. The second kappa shape index (κ2) is 6.03. The van der Waals surface area contributed by atoms with Gasteiger partial charge in [0.1, 0.15) is 10.6 Å². The molecule has 1 amide bonds. The minimum absolute atomic E-state index is 0.192. The Bertz CT molecular complexity index is 1070. The normalized spacial score (nSPS) is 29.0. The molecule has 1 aromatic carbocycles. The molecule has 4 saturated heterocycles. The first-order chi connectivity index (χ1) is 13.7. The largest absolute Gasteiger partial charge is 0.439 e. The first kappa shape index (κ1) is 16.5. The summed E-state index contributed by atoms with van der Waals surface area (Å²) in [5, 5.41) is 2.10. The van der Waals surface area contributed by atoms with Crippen LogP contribution >= 0.6 is 11.3 Å². The van der Waals surface area contributed by atoms with E-state index in [2.05, 4.69) is 40.2 Å². The van der Waals surface area contributed by atoms with Crippen molar-refractivity contribution in [2.24, 2.45) is 5.92 Å². The van der Waals surface area contributed by atoms with Crippen LogP contribution in [0, 0.1) is 5.92 Å². The predicted molar refractivity (Wildman–Crippen MR) is 111 cm³/mol. The lowest BCUT2D eigenvalue weighted by atomic mass is 9.75. The van der Waals surface area contributed by atoms with Gasteiger partial charge < -0.3 is 4.74 Å². The third-order valence-corrected chi connectivity index (χ3v) is 7.67. The fraction of sp³-hybridized carbons (Fsp3) is 0.364. The number of carbonyl (C=O) groups excluding carboxylic acids is 1. The summed E-state index contributed by atoms with van der Waals surface area (Å²) in [4.78, 5) is 22.6. The third-order valence-electron chi connectivity index (χ3n) is 6.51. The Hall–Kier alpha value is -2.44. The Kier molecular flexibility index (Phi) is 3.55. The SMILES string of the molecule is O=C1O[C@@]2(CN3CCC2CC3)CN1c1ccc(-c2ccc3cccnc3c2)s1. The molecule has 0 N–H and O–H groups in total. The number of anilines is 1. The van der Waals surface area contributed by atoms with E-state index in [1.807, 2.05) is 23.2 Å². The maximum absolute atomic E-state index is 12.7. The van der Waals surface area contributed by atoms with Gasteiger partial charge in [-0.2, -0.15) is 0 Å². The van der Waals surface area contributed by atoms with Gasteiger partial charge in [-0.25, -0.2) is 4.79 Å². The standard InChI is InChI=1S/C22H21N3O2S/c26-21-25(14-22(27-21)13-24-10-7-17(22)8-11-24)20-6-5-19(28-20)16-4-3-15-2-1-9-23-18(15)12-16/h1-6,9,12,17H,7-8,10-11,13-14H2/t22-/m0/s1. The van der Waals surface area contributed by atoms with Gasteiger partial charge in [0, 0.05) is 28.9 Å². The van der Waals surface area contributed by atoms with E-state index in [0.717, 1.165) is 58.8 Å². The summed E-state index contributed by atoms with van der Waals surface area (Å²) in [5.74, 6) is 0.498. The second-order valence-corrected chi connectivity index (χ2v) is 9.18. The summed E-state index contributed by atoms with van der Waals surface area (Å²) in [5.41, 5.74) is 1.80. The quantitative estimate of drug-likeness (QED) is 0.650. The van der Waals surface area contributed by atoms with Gasteiger partial charge in [-0.3, -0.25) is 14.8 Å². The lowest BCUT2D eigenvalue weighted by molar-refractivity contribution is -0.0881. The second-order valence-electron chi connectivity index (χ2n) is 8.12. The Labute approximate surface area is 167 Å². The highest BCUT2D eigenvalue weighted by Crippen LogP contribution is 2.45. The fourth-order valence-corrected chi connectivity index (χ4v) is 6.02. The molecule has 0 unspecified atom stereocenters. The van der Waals surface area contributed by atoms with Gasteiger partial charge in [-0.05, 0) is 55.8 Å². The van der Waals surface area contributed by atoms with E-state index in [-0.39, 0.29) is 11.7 Å². The van der Waals surface area contributed by atoms with E-state index in [0.29, 0.717) is 12.5 Å². The van der Waals surface area contributed by atoms with E-state index in [1.165, 1.54) is 0 Å². The van der Waals surface area contributed by atoms with Crippen molar-refractivity contribution in [2.45, 2.75) is 18.4 Å². The molecule has 0 saturated carbocycles. The molecule has 142 valence electrons. The van der Waals surface area contributed by atoms with Crippen LogP contribution in [0.1, 0.15) is 12.8 Å². The van der Waals surface area contributed by atoms with Gasteiger partial charge in [0.15, 0.2) is 0 Å². The number of thiophene rings is 1. The Morgan fingerprint density at radius 2 is 2.00 bits per heavy atom. The summed E-state index contributed by atoms with van der Waals surface area (Å²) in [6, 6.07) is 14.5. The van der Waals surface area contributed by atoms with Crippen molar-refractivity contribution in [2.75, 3.05) is 31.1 Å². The highest BCUT2D eigenvalue weighted by Gasteiger charge is 2.55. The number of hydrogen-bond donors (Lipinski definition) is 0. The lowest BCUT2D eigenvalue weighted by Crippen LogP contribution is -2.61. The number of nitrogens with zero attached hydrogens (tertiary/aromatic N) is 3. The number of aromatic nitrogens is 1. The number of carbonyl (C=O) groups is 1. The molecule has 0 aliphatic carbocycles. The zero-order chi connectivity index (χ0) is 18.7. The average Bonchev–Trinajstić information content (AvgIpc) is 3.33. The summed E-state index contributed by atoms with van der Waals surface area (Å²) in [7, 11) is 0. The predicted octanol–water partition coefficient (Wildman–Crippen LogP) is 4.38. The summed E-state index contributed by atoms with van der Waals surface area (Å²) in [6.07, 6.45) is 3.91. The third kappa shape index (κ3) is 2.48. The number of fused-ring (bicyclic) bond motifs is 3. The van der Waals surface area contributed by atoms with E-state index in [9.17, 15) is 4.79 Å². The van der Waals surface area contributed by atoms with Gasteiger partial charge in [0.25, 0.3) is 0 Å². The highest BCUT2D eigenvalue weighted by atomic mass is 32.1. The summed E-state index contributed by atoms with van der Waals surface area (Å²) >= 11 is 1.65. The molecule has 28 heavy (non-hydrogen) atoms. The van der Waals surface area contributed by atoms with Crippen molar-refractivity contribution < 1.29 is 9.53 Å². The van der Waals surface area contributed by atoms with E-state index in [1.54, 1.807) is 11.3 Å². The molecule has 4 fully saturated rings. The van der Waals surface area contributed by atoms with Crippen LogP contribution in [0.2, 0.25) is 0 Å². The van der Waals surface area contributed by atoms with Crippen molar-refractivity contribution >= 4 is 33.3 Å². The van der Waals surface area contributed by atoms with Crippen LogP contribution in [0.15, 0.2) is 48.7 Å². The average molecular weight is 391 g/mol. The van der Waals surface area contributed by atoms with Crippen molar-refractivity contribution in [3.63, 3.8) is 0 Å². The number of ether oxygens (including phenoxy) is 1. The smallest absolute Gasteiger partial charge is 0.415 e. The van der Waals surface area contributed by atoms with E-state index in [4.69, 9.17) is 4.74 Å². The molecule has 1 atom stereocenters. The van der Waals surface area contributed by atoms with Gasteiger partial charge in [-0.1, -0.05) is 18.2 Å². The van der Waals surface area contributed by atoms with E-state index >= 15 is 0 Å². The molecule has 7 rings (SSSR count). The fourth-order valence-electron chi connectivity index (χ4n) is 5.03. The molecule has 4 aliphatic heterocycles. The molecule has 0 radical (unpaired) electrons.